The first-order valence-electron chi connectivity index (χ1n) is 13.7. The molecule has 4 rings (SSSR count). The van der Waals surface area contributed by atoms with E-state index in [2.05, 4.69) is 55.5 Å². The molecule has 0 atom stereocenters. The molecule has 0 radical (unpaired) electrons. The minimum absolute atomic E-state index is 0.102. The van der Waals surface area contributed by atoms with E-state index in [1.54, 1.807) is 30.9 Å². The Kier molecular flexibility index (Phi) is 8.52. The van der Waals surface area contributed by atoms with E-state index in [1.807, 2.05) is 12.1 Å². The van der Waals surface area contributed by atoms with Crippen LogP contribution in [0.1, 0.15) is 64.4 Å². The molecule has 0 bridgehead atoms. The summed E-state index contributed by atoms with van der Waals surface area (Å²) in [5.74, 6) is -3.53. The number of carbonyl (C=O) groups is 1. The van der Waals surface area contributed by atoms with Crippen LogP contribution in [0.4, 0.5) is 14.5 Å². The standard InChI is InChI=1S/C30H36F2N4O3SSi/c1-8-40(38,39)35-26-12-11-25(31)27(28(26)32)29(37)24-17-36(41(18(2)3,19(4)5)20(6)7)30-23(24)14-22(16-34-30)21-10-9-13-33-15-21/h9-20,35H,8H2,1-7H3. The highest BCUT2D eigenvalue weighted by Gasteiger charge is 2.47. The molecule has 0 saturated carbocycles. The Balaban J connectivity index is 2.05. The number of nitrogens with zero attached hydrogens (tertiary/aromatic N) is 3. The van der Waals surface area contributed by atoms with E-state index < -0.39 is 46.9 Å². The maximum atomic E-state index is 15.7. The van der Waals surface area contributed by atoms with Crippen LogP contribution >= 0.6 is 0 Å². The van der Waals surface area contributed by atoms with Gasteiger partial charge in [-0.3, -0.25) is 14.5 Å². The molecule has 3 aromatic heterocycles. The first-order valence-corrected chi connectivity index (χ1v) is 17.5. The largest absolute Gasteiger partial charge is 0.358 e. The Morgan fingerprint density at radius 3 is 2.22 bits per heavy atom. The lowest BCUT2D eigenvalue weighted by Crippen LogP contribution is -2.51. The summed E-state index contributed by atoms with van der Waals surface area (Å²) in [5.41, 5.74) is 1.61. The van der Waals surface area contributed by atoms with Gasteiger partial charge in [-0.15, -0.1) is 0 Å². The number of carbonyl (C=O) groups excluding carboxylic acids is 1. The van der Waals surface area contributed by atoms with Crippen molar-refractivity contribution in [3.63, 3.8) is 0 Å². The number of hydrogen-bond donors (Lipinski definition) is 1. The Morgan fingerprint density at radius 1 is 1.00 bits per heavy atom. The number of benzene rings is 1. The summed E-state index contributed by atoms with van der Waals surface area (Å²) in [4.78, 5) is 23.1. The zero-order valence-corrected chi connectivity index (χ0v) is 26.2. The van der Waals surface area contributed by atoms with Crippen molar-refractivity contribution in [2.24, 2.45) is 0 Å². The molecule has 3 heterocycles. The number of sulfonamides is 1. The molecule has 218 valence electrons. The Bertz CT molecular complexity index is 1680. The number of ketones is 1. The summed E-state index contributed by atoms with van der Waals surface area (Å²) in [5, 5.41) is 0.466. The second-order valence-corrected chi connectivity index (χ2v) is 19.0. The predicted molar refractivity (Wildman–Crippen MR) is 162 cm³/mol. The maximum absolute atomic E-state index is 15.7. The highest BCUT2D eigenvalue weighted by atomic mass is 32.2. The van der Waals surface area contributed by atoms with Crippen molar-refractivity contribution in [3.05, 3.63) is 77.9 Å². The molecular weight excluding hydrogens is 563 g/mol. The normalized spacial score (nSPS) is 12.6. The topological polar surface area (TPSA) is 94.0 Å². The van der Waals surface area contributed by atoms with Crippen LogP contribution in [-0.2, 0) is 10.0 Å². The van der Waals surface area contributed by atoms with E-state index in [9.17, 15) is 13.2 Å². The number of halogens is 2. The Morgan fingerprint density at radius 2 is 1.66 bits per heavy atom. The Hall–Kier alpha value is -3.44. The zero-order valence-electron chi connectivity index (χ0n) is 24.4. The molecule has 1 N–H and O–H groups in total. The van der Waals surface area contributed by atoms with Gasteiger partial charge in [0.05, 0.1) is 17.0 Å². The van der Waals surface area contributed by atoms with Crippen molar-refractivity contribution < 1.29 is 22.0 Å². The van der Waals surface area contributed by atoms with Crippen LogP contribution in [0.5, 0.6) is 0 Å². The third-order valence-electron chi connectivity index (χ3n) is 8.04. The van der Waals surface area contributed by atoms with E-state index in [4.69, 9.17) is 4.98 Å². The smallest absolute Gasteiger partial charge is 0.232 e. The van der Waals surface area contributed by atoms with Crippen LogP contribution in [0, 0.1) is 11.6 Å². The second-order valence-electron chi connectivity index (χ2n) is 11.2. The third kappa shape index (κ3) is 5.32. The van der Waals surface area contributed by atoms with Gasteiger partial charge in [-0.1, -0.05) is 47.6 Å². The molecule has 1 aromatic carbocycles. The van der Waals surface area contributed by atoms with Gasteiger partial charge in [0, 0.05) is 46.9 Å². The zero-order chi connectivity index (χ0) is 30.3. The molecule has 0 saturated heterocycles. The number of aromatic nitrogens is 3. The molecule has 0 unspecified atom stereocenters. The SMILES string of the molecule is CCS(=O)(=O)Nc1ccc(F)c(C(=O)c2cn([Si](C(C)C)(C(C)C)C(C)C)c3ncc(-c4cccnc4)cc23)c1F. The Labute approximate surface area is 241 Å². The van der Waals surface area contributed by atoms with Crippen molar-refractivity contribution in [2.45, 2.75) is 65.1 Å². The summed E-state index contributed by atoms with van der Waals surface area (Å²) in [6.07, 6.45) is 6.77. The number of anilines is 1. The van der Waals surface area contributed by atoms with E-state index in [1.165, 1.54) is 6.92 Å². The fourth-order valence-corrected chi connectivity index (χ4v) is 13.5. The van der Waals surface area contributed by atoms with Gasteiger partial charge in [0.15, 0.2) is 14.1 Å². The van der Waals surface area contributed by atoms with Crippen LogP contribution in [0.15, 0.2) is 55.1 Å². The molecule has 0 amide bonds. The van der Waals surface area contributed by atoms with Crippen LogP contribution in [0.2, 0.25) is 16.6 Å². The maximum Gasteiger partial charge on any atom is 0.232 e. The number of pyridine rings is 2. The molecular formula is C30H36F2N4O3SSi. The molecule has 0 aliphatic carbocycles. The van der Waals surface area contributed by atoms with Crippen LogP contribution < -0.4 is 4.72 Å². The molecule has 41 heavy (non-hydrogen) atoms. The molecule has 0 aliphatic heterocycles. The number of fused-ring (bicyclic) bond motifs is 1. The average Bonchev–Trinajstić information content (AvgIpc) is 3.29. The lowest BCUT2D eigenvalue weighted by atomic mass is 10.00. The van der Waals surface area contributed by atoms with Crippen LogP contribution in [0.3, 0.4) is 0 Å². The third-order valence-corrected chi connectivity index (χ3v) is 16.1. The molecule has 0 aliphatic rings. The highest BCUT2D eigenvalue weighted by Crippen LogP contribution is 2.45. The molecule has 0 fully saturated rings. The number of rotatable bonds is 10. The summed E-state index contributed by atoms with van der Waals surface area (Å²) < 4.78 is 59.4. The lowest BCUT2D eigenvalue weighted by Gasteiger charge is -2.44. The fraction of sp³-hybridized carbons (Fsp3) is 0.367. The van der Waals surface area contributed by atoms with Crippen molar-refractivity contribution in [1.29, 1.82) is 0 Å². The van der Waals surface area contributed by atoms with Gasteiger partial charge in [0.25, 0.3) is 0 Å². The number of hydrogen-bond acceptors (Lipinski definition) is 5. The minimum Gasteiger partial charge on any atom is -0.358 e. The monoisotopic (exact) mass is 598 g/mol. The molecule has 0 spiro atoms. The lowest BCUT2D eigenvalue weighted by molar-refractivity contribution is 0.103. The fourth-order valence-electron chi connectivity index (χ4n) is 6.32. The van der Waals surface area contributed by atoms with Crippen molar-refractivity contribution >= 4 is 40.8 Å². The van der Waals surface area contributed by atoms with Crippen molar-refractivity contribution in [2.75, 3.05) is 10.5 Å². The van der Waals surface area contributed by atoms with Gasteiger partial charge in [0.2, 0.25) is 15.8 Å². The van der Waals surface area contributed by atoms with Crippen LogP contribution in [-0.4, -0.2) is 42.4 Å². The van der Waals surface area contributed by atoms with Gasteiger partial charge in [0.1, 0.15) is 11.5 Å². The van der Waals surface area contributed by atoms with Gasteiger partial charge in [-0.05, 0) is 47.8 Å². The van der Waals surface area contributed by atoms with Gasteiger partial charge >= 0.3 is 0 Å². The van der Waals surface area contributed by atoms with E-state index in [0.29, 0.717) is 16.6 Å². The van der Waals surface area contributed by atoms with Crippen molar-refractivity contribution in [3.8, 4) is 11.1 Å². The summed E-state index contributed by atoms with van der Waals surface area (Å²) >= 11 is 0. The number of nitrogens with one attached hydrogen (secondary N) is 1. The van der Waals surface area contributed by atoms with Gasteiger partial charge in [-0.25, -0.2) is 22.2 Å². The first-order chi connectivity index (χ1) is 19.3. The van der Waals surface area contributed by atoms with Gasteiger partial charge < -0.3 is 4.23 Å². The molecule has 11 heteroatoms. The highest BCUT2D eigenvalue weighted by molar-refractivity contribution is 7.92. The molecule has 7 nitrogen and oxygen atoms in total. The van der Waals surface area contributed by atoms with Crippen molar-refractivity contribution in [1.82, 2.24) is 14.2 Å². The van der Waals surface area contributed by atoms with Gasteiger partial charge in [-0.2, -0.15) is 0 Å². The first kappa shape index (κ1) is 30.5. The van der Waals surface area contributed by atoms with Crippen LogP contribution in [0.25, 0.3) is 22.2 Å². The second kappa shape index (κ2) is 11.4. The quantitative estimate of drug-likeness (QED) is 0.152. The molecule has 4 aromatic rings. The van der Waals surface area contributed by atoms with E-state index in [0.717, 1.165) is 17.7 Å². The van der Waals surface area contributed by atoms with E-state index in [-0.39, 0.29) is 27.9 Å². The summed E-state index contributed by atoms with van der Waals surface area (Å²) in [6, 6.07) is 7.35. The summed E-state index contributed by atoms with van der Waals surface area (Å²) in [6.45, 7) is 14.4. The van der Waals surface area contributed by atoms with E-state index >= 15 is 8.78 Å². The summed E-state index contributed by atoms with van der Waals surface area (Å²) in [7, 11) is -6.32. The predicted octanol–water partition coefficient (Wildman–Crippen LogP) is 7.39. The minimum atomic E-state index is -3.87. The average molecular weight is 599 g/mol.